The van der Waals surface area contributed by atoms with Crippen molar-refractivity contribution < 1.29 is 46.5 Å². The minimum absolute atomic E-state index is 0.0188. The van der Waals surface area contributed by atoms with Gasteiger partial charge < -0.3 is 34.4 Å². The zero-order valence-electron chi connectivity index (χ0n) is 29.5. The molecule has 0 spiro atoms. The summed E-state index contributed by atoms with van der Waals surface area (Å²) in [5.41, 5.74) is 0.441. The van der Waals surface area contributed by atoms with Crippen LogP contribution in [0.4, 0.5) is 13.2 Å². The highest BCUT2D eigenvalue weighted by atomic mass is 35.5. The van der Waals surface area contributed by atoms with Crippen molar-refractivity contribution in [1.29, 1.82) is 0 Å². The maximum absolute atomic E-state index is 13.8. The predicted octanol–water partition coefficient (Wildman–Crippen LogP) is 3.50. The molecule has 14 nitrogen and oxygen atoms in total. The van der Waals surface area contributed by atoms with Crippen LogP contribution in [0, 0.1) is 5.92 Å². The van der Waals surface area contributed by atoms with E-state index >= 15 is 0 Å². The van der Waals surface area contributed by atoms with Gasteiger partial charge in [0.2, 0.25) is 30.0 Å². The van der Waals surface area contributed by atoms with Gasteiger partial charge in [-0.3, -0.25) is 19.4 Å². The summed E-state index contributed by atoms with van der Waals surface area (Å²) in [6.45, 7) is 2.47. The topological polar surface area (TPSA) is 179 Å². The van der Waals surface area contributed by atoms with Gasteiger partial charge in [-0.1, -0.05) is 29.8 Å². The number of piperazine rings is 1. The quantitative estimate of drug-likeness (QED) is 0.156. The van der Waals surface area contributed by atoms with Crippen molar-refractivity contribution in [1.82, 2.24) is 35.6 Å². The fourth-order valence-electron chi connectivity index (χ4n) is 6.79. The lowest BCUT2D eigenvalue weighted by atomic mass is 9.93. The van der Waals surface area contributed by atoms with E-state index in [1.807, 2.05) is 24.1 Å². The number of nitrogens with zero attached hydrogens (tertiary/aromatic N) is 5. The normalized spacial score (nSPS) is 20.8. The van der Waals surface area contributed by atoms with E-state index in [-0.39, 0.29) is 45.0 Å². The summed E-state index contributed by atoms with van der Waals surface area (Å²) in [5, 5.41) is 35.2. The number of alkyl halides is 3. The first-order chi connectivity index (χ1) is 25.7. The maximum Gasteiger partial charge on any atom is 0.405 e. The van der Waals surface area contributed by atoms with Crippen LogP contribution in [0.1, 0.15) is 43.7 Å². The molecule has 1 saturated heterocycles. The number of carbonyl (C=O) groups excluding carboxylic acids is 2. The molecule has 0 bridgehead atoms. The number of ether oxygens (including phenoxy) is 1. The molecule has 0 saturated carbocycles. The highest BCUT2D eigenvalue weighted by molar-refractivity contribution is 6.30. The second-order valence-corrected chi connectivity index (χ2v) is 14.3. The SMILES string of the molecule is CC(C)(c1ncc(-c2ccc(Cl)cc2)o1)N1CCN(C[C@@H](O)C[C@H](Cc2nnco2)C(=O)N[C@H]2c3ccccc3OC[C@H]2O)[C@H](C(=O)NCC(F)(F)F)C1. The van der Waals surface area contributed by atoms with E-state index in [1.54, 1.807) is 59.6 Å². The number of fused-ring (bicyclic) bond motifs is 1. The Balaban J connectivity index is 1.17. The summed E-state index contributed by atoms with van der Waals surface area (Å²) in [6.07, 6.45) is -4.41. The largest absolute Gasteiger partial charge is 0.490 e. The number of hydrogen-bond donors (Lipinski definition) is 4. The molecule has 1 fully saturated rings. The summed E-state index contributed by atoms with van der Waals surface area (Å²) in [5.74, 6) is -0.831. The Morgan fingerprint density at radius 3 is 2.59 bits per heavy atom. The molecular formula is C36H41ClF3N7O7. The summed E-state index contributed by atoms with van der Waals surface area (Å²) in [6, 6.07) is 12.1. The molecule has 4 aromatic rings. The zero-order chi connectivity index (χ0) is 38.6. The fraction of sp³-hybridized carbons (Fsp3) is 0.472. The summed E-state index contributed by atoms with van der Waals surface area (Å²) in [7, 11) is 0. The number of benzene rings is 2. The van der Waals surface area contributed by atoms with Gasteiger partial charge in [0.1, 0.15) is 31.0 Å². The first-order valence-electron chi connectivity index (χ1n) is 17.4. The summed E-state index contributed by atoms with van der Waals surface area (Å²) < 4.78 is 56.6. The number of aliphatic hydroxyl groups is 2. The van der Waals surface area contributed by atoms with Crippen LogP contribution in [-0.2, 0) is 21.5 Å². The van der Waals surface area contributed by atoms with E-state index in [2.05, 4.69) is 20.5 Å². The third kappa shape index (κ3) is 9.38. The van der Waals surface area contributed by atoms with Crippen molar-refractivity contribution in [3.63, 3.8) is 0 Å². The van der Waals surface area contributed by atoms with Crippen molar-refractivity contribution in [2.45, 2.75) is 62.7 Å². The molecule has 6 rings (SSSR count). The molecule has 2 amide bonds. The van der Waals surface area contributed by atoms with Gasteiger partial charge in [0.25, 0.3) is 0 Å². The van der Waals surface area contributed by atoms with Crippen molar-refractivity contribution in [3.05, 3.63) is 83.5 Å². The number of aromatic nitrogens is 3. The Kier molecular flexibility index (Phi) is 11.9. The van der Waals surface area contributed by atoms with Crippen LogP contribution in [0.2, 0.25) is 5.02 Å². The molecule has 2 aromatic heterocycles. The number of nitrogens with one attached hydrogen (secondary N) is 2. The van der Waals surface area contributed by atoms with Gasteiger partial charge in [0.05, 0.1) is 23.9 Å². The van der Waals surface area contributed by atoms with Gasteiger partial charge in [-0.2, -0.15) is 13.2 Å². The minimum atomic E-state index is -4.64. The Bertz CT molecular complexity index is 1880. The Hall–Kier alpha value is -4.55. The lowest BCUT2D eigenvalue weighted by Gasteiger charge is -2.46. The van der Waals surface area contributed by atoms with E-state index in [4.69, 9.17) is 25.2 Å². The third-order valence-electron chi connectivity index (χ3n) is 9.75. The maximum atomic E-state index is 13.8. The van der Waals surface area contributed by atoms with Crippen LogP contribution in [0.25, 0.3) is 11.3 Å². The average Bonchev–Trinajstić information content (AvgIpc) is 3.85. The number of para-hydroxylation sites is 1. The molecule has 2 aromatic carbocycles. The van der Waals surface area contributed by atoms with Gasteiger partial charge in [-0.25, -0.2) is 4.98 Å². The number of β-amino-alcohol motifs (C(OH)–C–C–N with tert-alkyl or cyclic N) is 1. The van der Waals surface area contributed by atoms with Crippen LogP contribution in [0.3, 0.4) is 0 Å². The molecular weight excluding hydrogens is 735 g/mol. The van der Waals surface area contributed by atoms with Gasteiger partial charge >= 0.3 is 6.18 Å². The molecule has 290 valence electrons. The minimum Gasteiger partial charge on any atom is -0.490 e. The second kappa shape index (κ2) is 16.4. The van der Waals surface area contributed by atoms with Gasteiger partial charge in [0.15, 0.2) is 5.76 Å². The van der Waals surface area contributed by atoms with Gasteiger partial charge in [0, 0.05) is 54.7 Å². The molecule has 4 heterocycles. The number of amides is 2. The molecule has 5 atom stereocenters. The van der Waals surface area contributed by atoms with Crippen LogP contribution < -0.4 is 15.4 Å². The first kappa shape index (κ1) is 39.2. The molecule has 54 heavy (non-hydrogen) atoms. The zero-order valence-corrected chi connectivity index (χ0v) is 30.3. The van der Waals surface area contributed by atoms with E-state index in [9.17, 15) is 33.0 Å². The van der Waals surface area contributed by atoms with E-state index in [0.29, 0.717) is 34.5 Å². The number of carbonyl (C=O) groups is 2. The molecule has 0 radical (unpaired) electrons. The van der Waals surface area contributed by atoms with Crippen LogP contribution >= 0.6 is 11.6 Å². The lowest BCUT2D eigenvalue weighted by Crippen LogP contribution is -2.63. The van der Waals surface area contributed by atoms with Crippen molar-refractivity contribution in [2.24, 2.45) is 5.92 Å². The van der Waals surface area contributed by atoms with Crippen LogP contribution in [-0.4, -0.2) is 111 Å². The van der Waals surface area contributed by atoms with Crippen LogP contribution in [0.5, 0.6) is 5.75 Å². The molecule has 18 heteroatoms. The monoisotopic (exact) mass is 775 g/mol. The smallest absolute Gasteiger partial charge is 0.405 e. The number of hydrogen-bond acceptors (Lipinski definition) is 12. The van der Waals surface area contributed by atoms with E-state index < -0.39 is 60.3 Å². The van der Waals surface area contributed by atoms with Crippen LogP contribution in [0.15, 0.2) is 70.0 Å². The summed E-state index contributed by atoms with van der Waals surface area (Å²) in [4.78, 5) is 35.2. The molecule has 4 N–H and O–H groups in total. The standard InChI is InChI=1S/C36H41ClF3N7O7/c1-35(2,34-41-15-29(54-34)21-7-9-23(37)10-8-21)47-12-11-46(26(17-47)33(51)42-19-36(38,39)40)16-24(48)13-22(14-30-45-43-20-53-30)32(50)44-31-25-5-3-4-6-28(25)52-18-27(31)49/h3-10,15,20,22,24,26-27,31,48-49H,11-14,16-19H2,1-2H3,(H,42,51)(H,44,50)/t22-,24+,26+,27-,31+/m1/s1. The van der Waals surface area contributed by atoms with Gasteiger partial charge in [-0.05, 0) is 50.6 Å². The number of halogens is 4. The predicted molar refractivity (Wildman–Crippen MR) is 187 cm³/mol. The Labute approximate surface area is 313 Å². The first-order valence-corrected chi connectivity index (χ1v) is 17.7. The summed E-state index contributed by atoms with van der Waals surface area (Å²) >= 11 is 6.03. The second-order valence-electron chi connectivity index (χ2n) is 13.9. The fourth-order valence-corrected chi connectivity index (χ4v) is 6.91. The molecule has 2 aliphatic rings. The Morgan fingerprint density at radius 1 is 1.11 bits per heavy atom. The van der Waals surface area contributed by atoms with Gasteiger partial charge in [-0.15, -0.1) is 10.2 Å². The lowest BCUT2D eigenvalue weighted by molar-refractivity contribution is -0.145. The number of oxazole rings is 1. The van der Waals surface area contributed by atoms with E-state index in [0.717, 1.165) is 12.0 Å². The van der Waals surface area contributed by atoms with E-state index in [1.165, 1.54) is 0 Å². The van der Waals surface area contributed by atoms with Crippen molar-refractivity contribution in [2.75, 3.05) is 39.3 Å². The van der Waals surface area contributed by atoms with Crippen molar-refractivity contribution in [3.8, 4) is 17.1 Å². The average molecular weight is 776 g/mol. The number of aliphatic hydroxyl groups excluding tert-OH is 2. The number of rotatable bonds is 13. The molecule has 0 aliphatic carbocycles. The van der Waals surface area contributed by atoms with Crippen molar-refractivity contribution >= 4 is 23.4 Å². The third-order valence-corrected chi connectivity index (χ3v) is 10.0. The molecule has 2 aliphatic heterocycles. The highest BCUT2D eigenvalue weighted by Gasteiger charge is 2.43. The molecule has 0 unspecified atom stereocenters. The highest BCUT2D eigenvalue weighted by Crippen LogP contribution is 2.34. The Morgan fingerprint density at radius 2 is 1.87 bits per heavy atom.